The first-order chi connectivity index (χ1) is 16.4. The topological polar surface area (TPSA) is 26.8 Å². The zero-order chi connectivity index (χ0) is 23.7. The van der Waals surface area contributed by atoms with Crippen LogP contribution in [0.1, 0.15) is 16.7 Å². The first kappa shape index (κ1) is 22.5. The van der Waals surface area contributed by atoms with Gasteiger partial charge in [-0.2, -0.15) is 13.2 Å². The van der Waals surface area contributed by atoms with E-state index < -0.39 is 11.7 Å². The lowest BCUT2D eigenvalue weighted by Crippen LogP contribution is -2.49. The summed E-state index contributed by atoms with van der Waals surface area (Å²) in [6.45, 7) is 2.63. The molecule has 5 rings (SSSR count). The first-order valence-electron chi connectivity index (χ1n) is 11.5. The van der Waals surface area contributed by atoms with Gasteiger partial charge in [-0.1, -0.05) is 42.5 Å². The van der Waals surface area contributed by atoms with Crippen molar-refractivity contribution in [3.8, 4) is 0 Å². The standard InChI is InChI=1S/C27H26F3N3O/c28-27(29,30)22-8-5-9-23(18-22)32-16-14-31(15-17-32)19-26(34)33-24-10-3-1-6-20(24)12-13-21-7-2-4-11-25(21)33/h1-11,18H,12-17,19H2. The molecular weight excluding hydrogens is 439 g/mol. The highest BCUT2D eigenvalue weighted by atomic mass is 19.4. The minimum atomic E-state index is -4.36. The van der Waals surface area contributed by atoms with Gasteiger partial charge in [0.25, 0.3) is 0 Å². The summed E-state index contributed by atoms with van der Waals surface area (Å²) >= 11 is 0. The molecule has 0 bridgehead atoms. The average Bonchev–Trinajstić information content (AvgIpc) is 3.01. The van der Waals surface area contributed by atoms with E-state index in [2.05, 4.69) is 17.0 Å². The number of aryl methyl sites for hydroxylation is 2. The molecule has 3 aromatic rings. The molecule has 0 saturated carbocycles. The summed E-state index contributed by atoms with van der Waals surface area (Å²) in [6.07, 6.45) is -2.59. The van der Waals surface area contributed by atoms with Crippen LogP contribution in [-0.2, 0) is 23.8 Å². The summed E-state index contributed by atoms with van der Waals surface area (Å²) in [5, 5.41) is 0. The van der Waals surface area contributed by atoms with Crippen LogP contribution in [0.4, 0.5) is 30.2 Å². The highest BCUT2D eigenvalue weighted by Crippen LogP contribution is 2.36. The number of anilines is 3. The maximum Gasteiger partial charge on any atom is 0.416 e. The number of piperazine rings is 1. The van der Waals surface area contributed by atoms with Crippen molar-refractivity contribution in [2.24, 2.45) is 0 Å². The Morgan fingerprint density at radius 1 is 0.765 bits per heavy atom. The third-order valence-corrected chi connectivity index (χ3v) is 6.65. The Kier molecular flexibility index (Phi) is 6.04. The summed E-state index contributed by atoms with van der Waals surface area (Å²) < 4.78 is 39.3. The smallest absolute Gasteiger partial charge is 0.369 e. The van der Waals surface area contributed by atoms with Crippen molar-refractivity contribution in [3.05, 3.63) is 89.5 Å². The monoisotopic (exact) mass is 465 g/mol. The quantitative estimate of drug-likeness (QED) is 0.526. The maximum atomic E-state index is 13.6. The van der Waals surface area contributed by atoms with Gasteiger partial charge in [-0.15, -0.1) is 0 Å². The summed E-state index contributed by atoms with van der Waals surface area (Å²) in [5.41, 5.74) is 4.10. The SMILES string of the molecule is O=C(CN1CCN(c2cccc(C(F)(F)F)c2)CC1)N1c2ccccc2CCc2ccccc21. The summed E-state index contributed by atoms with van der Waals surface area (Å²) in [5.74, 6) is 0.00863. The second-order valence-corrected chi connectivity index (χ2v) is 8.80. The Hall–Kier alpha value is -3.32. The van der Waals surface area contributed by atoms with Gasteiger partial charge in [0.2, 0.25) is 5.91 Å². The predicted octanol–water partition coefficient (Wildman–Crippen LogP) is 5.29. The van der Waals surface area contributed by atoms with E-state index in [0.29, 0.717) is 31.9 Å². The molecule has 0 N–H and O–H groups in total. The van der Waals surface area contributed by atoms with E-state index in [1.807, 2.05) is 46.2 Å². The van der Waals surface area contributed by atoms with Crippen LogP contribution in [0.5, 0.6) is 0 Å². The van der Waals surface area contributed by atoms with Gasteiger partial charge in [0.1, 0.15) is 0 Å². The van der Waals surface area contributed by atoms with Gasteiger partial charge in [0, 0.05) is 31.9 Å². The number of amides is 1. The minimum absolute atomic E-state index is 0.00863. The van der Waals surface area contributed by atoms with Gasteiger partial charge in [-0.25, -0.2) is 0 Å². The fourth-order valence-corrected chi connectivity index (χ4v) is 4.85. The van der Waals surface area contributed by atoms with Crippen LogP contribution in [0.2, 0.25) is 0 Å². The number of alkyl halides is 3. The molecule has 0 aromatic heterocycles. The highest BCUT2D eigenvalue weighted by Gasteiger charge is 2.32. The lowest BCUT2D eigenvalue weighted by molar-refractivity contribution is -0.137. The molecule has 1 amide bonds. The van der Waals surface area contributed by atoms with Crippen LogP contribution >= 0.6 is 0 Å². The van der Waals surface area contributed by atoms with E-state index in [4.69, 9.17) is 0 Å². The van der Waals surface area contributed by atoms with E-state index in [9.17, 15) is 18.0 Å². The Bertz CT molecular complexity index is 1140. The second kappa shape index (κ2) is 9.14. The maximum absolute atomic E-state index is 13.6. The van der Waals surface area contributed by atoms with Gasteiger partial charge < -0.3 is 4.90 Å². The number of nitrogens with zero attached hydrogens (tertiary/aromatic N) is 3. The van der Waals surface area contributed by atoms with Crippen LogP contribution in [0, 0.1) is 0 Å². The molecule has 0 spiro atoms. The molecule has 4 nitrogen and oxygen atoms in total. The van der Waals surface area contributed by atoms with Gasteiger partial charge in [-0.3, -0.25) is 14.6 Å². The lowest BCUT2D eigenvalue weighted by atomic mass is 10.0. The van der Waals surface area contributed by atoms with Crippen molar-refractivity contribution in [1.82, 2.24) is 4.90 Å². The molecule has 0 radical (unpaired) electrons. The molecule has 0 unspecified atom stereocenters. The van der Waals surface area contributed by atoms with Crippen molar-refractivity contribution in [1.29, 1.82) is 0 Å². The van der Waals surface area contributed by atoms with E-state index in [-0.39, 0.29) is 12.5 Å². The van der Waals surface area contributed by atoms with Gasteiger partial charge in [-0.05, 0) is 54.3 Å². The van der Waals surface area contributed by atoms with Crippen molar-refractivity contribution in [2.45, 2.75) is 19.0 Å². The molecule has 2 aliphatic heterocycles. The van der Waals surface area contributed by atoms with Crippen LogP contribution in [-0.4, -0.2) is 43.5 Å². The zero-order valence-electron chi connectivity index (χ0n) is 18.8. The van der Waals surface area contributed by atoms with E-state index in [0.717, 1.165) is 41.4 Å². The molecule has 3 aromatic carbocycles. The molecule has 2 aliphatic rings. The molecule has 0 aliphatic carbocycles. The molecule has 0 atom stereocenters. The number of halogens is 3. The van der Waals surface area contributed by atoms with Crippen LogP contribution in [0.3, 0.4) is 0 Å². The molecule has 1 fully saturated rings. The predicted molar refractivity (Wildman–Crippen MR) is 128 cm³/mol. The van der Waals surface area contributed by atoms with Gasteiger partial charge in [0.15, 0.2) is 0 Å². The molecule has 1 saturated heterocycles. The second-order valence-electron chi connectivity index (χ2n) is 8.80. The fourth-order valence-electron chi connectivity index (χ4n) is 4.85. The van der Waals surface area contributed by atoms with Gasteiger partial charge in [0.05, 0.1) is 23.5 Å². The number of carbonyl (C=O) groups is 1. The first-order valence-corrected chi connectivity index (χ1v) is 11.5. The van der Waals surface area contributed by atoms with Crippen molar-refractivity contribution < 1.29 is 18.0 Å². The van der Waals surface area contributed by atoms with Crippen molar-refractivity contribution in [3.63, 3.8) is 0 Å². The van der Waals surface area contributed by atoms with E-state index in [1.165, 1.54) is 12.1 Å². The molecular formula is C27H26F3N3O. The Labute approximate surface area is 197 Å². The molecule has 34 heavy (non-hydrogen) atoms. The number of carbonyl (C=O) groups excluding carboxylic acids is 1. The zero-order valence-corrected chi connectivity index (χ0v) is 18.8. The van der Waals surface area contributed by atoms with Crippen molar-refractivity contribution in [2.75, 3.05) is 42.5 Å². The van der Waals surface area contributed by atoms with Crippen molar-refractivity contribution >= 4 is 23.0 Å². The van der Waals surface area contributed by atoms with Crippen LogP contribution in [0.15, 0.2) is 72.8 Å². The van der Waals surface area contributed by atoms with Crippen LogP contribution < -0.4 is 9.80 Å². The van der Waals surface area contributed by atoms with E-state index in [1.54, 1.807) is 6.07 Å². The third-order valence-electron chi connectivity index (χ3n) is 6.65. The lowest BCUT2D eigenvalue weighted by Gasteiger charge is -2.37. The molecule has 2 heterocycles. The summed E-state index contributed by atoms with van der Waals surface area (Å²) in [7, 11) is 0. The molecule has 7 heteroatoms. The third kappa shape index (κ3) is 4.53. The normalized spacial score (nSPS) is 16.6. The minimum Gasteiger partial charge on any atom is -0.369 e. The largest absolute Gasteiger partial charge is 0.416 e. The molecule has 176 valence electrons. The number of hydrogen-bond donors (Lipinski definition) is 0. The fraction of sp³-hybridized carbons (Fsp3) is 0.296. The van der Waals surface area contributed by atoms with Crippen LogP contribution in [0.25, 0.3) is 0 Å². The summed E-state index contributed by atoms with van der Waals surface area (Å²) in [6, 6.07) is 21.5. The number of rotatable bonds is 3. The number of hydrogen-bond acceptors (Lipinski definition) is 3. The number of fused-ring (bicyclic) bond motifs is 2. The summed E-state index contributed by atoms with van der Waals surface area (Å²) in [4.78, 5) is 19.5. The Balaban J connectivity index is 1.30. The average molecular weight is 466 g/mol. The van der Waals surface area contributed by atoms with E-state index >= 15 is 0 Å². The Morgan fingerprint density at radius 2 is 1.35 bits per heavy atom. The van der Waals surface area contributed by atoms with Gasteiger partial charge >= 0.3 is 6.18 Å². The number of para-hydroxylation sites is 2. The highest BCUT2D eigenvalue weighted by molar-refractivity contribution is 6.03. The number of benzene rings is 3. The Morgan fingerprint density at radius 3 is 1.94 bits per heavy atom.